The van der Waals surface area contributed by atoms with Crippen LogP contribution in [0.1, 0.15) is 18.9 Å². The van der Waals surface area contributed by atoms with Gasteiger partial charge in [0.1, 0.15) is 0 Å². The Morgan fingerprint density at radius 3 is 2.75 bits per heavy atom. The number of rotatable bonds is 6. The summed E-state index contributed by atoms with van der Waals surface area (Å²) in [4.78, 5) is 16.3. The van der Waals surface area contributed by atoms with E-state index in [9.17, 15) is 0 Å². The second-order valence-electron chi connectivity index (χ2n) is 8.10. The number of aromatic nitrogens is 4. The number of hydrogen-bond donors (Lipinski definition) is 1. The molecule has 4 heterocycles. The molecular weight excluding hydrogens is 400 g/mol. The van der Waals surface area contributed by atoms with Crippen LogP contribution in [0.4, 0.5) is 17.3 Å². The molecule has 0 aliphatic carbocycles. The molecule has 164 valence electrons. The van der Waals surface area contributed by atoms with Crippen LogP contribution in [0.3, 0.4) is 0 Å². The molecule has 1 aliphatic heterocycles. The molecule has 4 aromatic rings. The van der Waals surface area contributed by atoms with Gasteiger partial charge in [-0.25, -0.2) is 9.97 Å². The summed E-state index contributed by atoms with van der Waals surface area (Å²) < 4.78 is 7.76. The van der Waals surface area contributed by atoms with Crippen LogP contribution >= 0.6 is 0 Å². The standard InChI is InChI=1S/C25H28N6O/c1-3-11-31-17-21(23-24(31)18(2)7-9-26-23)22-8-10-27-25(29-22)28-19-5-4-6-20(16-19)30-12-14-32-15-13-30/h4-10,16-17H,3,11-15H2,1-2H3,(H,27,28,29). The van der Waals surface area contributed by atoms with E-state index in [1.54, 1.807) is 6.20 Å². The average molecular weight is 429 g/mol. The van der Waals surface area contributed by atoms with Crippen LogP contribution in [0.15, 0.2) is 55.0 Å². The fourth-order valence-corrected chi connectivity index (χ4v) is 4.30. The van der Waals surface area contributed by atoms with Gasteiger partial charge < -0.3 is 19.5 Å². The van der Waals surface area contributed by atoms with Crippen LogP contribution in [-0.4, -0.2) is 45.8 Å². The SMILES string of the molecule is CCCn1cc(-c2ccnc(Nc3cccc(N4CCOCC4)c3)n2)c2nccc(C)c21. The van der Waals surface area contributed by atoms with E-state index in [0.29, 0.717) is 5.95 Å². The molecule has 0 spiro atoms. The first kappa shape index (κ1) is 20.5. The molecule has 0 radical (unpaired) electrons. The molecule has 1 fully saturated rings. The van der Waals surface area contributed by atoms with Crippen molar-refractivity contribution < 1.29 is 4.74 Å². The minimum absolute atomic E-state index is 0.575. The molecule has 1 aromatic carbocycles. The van der Waals surface area contributed by atoms with Crippen LogP contribution in [0.2, 0.25) is 0 Å². The van der Waals surface area contributed by atoms with Crippen LogP contribution in [0.25, 0.3) is 22.3 Å². The molecule has 7 nitrogen and oxygen atoms in total. The molecule has 5 rings (SSSR count). The summed E-state index contributed by atoms with van der Waals surface area (Å²) in [5.74, 6) is 0.575. The molecule has 1 saturated heterocycles. The lowest BCUT2D eigenvalue weighted by molar-refractivity contribution is 0.122. The van der Waals surface area contributed by atoms with Crippen molar-refractivity contribution in [3.8, 4) is 11.3 Å². The smallest absolute Gasteiger partial charge is 0.227 e. The number of ether oxygens (including phenoxy) is 1. The summed E-state index contributed by atoms with van der Waals surface area (Å²) in [6.45, 7) is 8.62. The number of anilines is 3. The monoisotopic (exact) mass is 428 g/mol. The summed E-state index contributed by atoms with van der Waals surface area (Å²) in [5, 5.41) is 3.38. The van der Waals surface area contributed by atoms with E-state index in [-0.39, 0.29) is 0 Å². The first-order chi connectivity index (χ1) is 15.7. The molecule has 0 amide bonds. The van der Waals surface area contributed by atoms with Crippen LogP contribution < -0.4 is 10.2 Å². The van der Waals surface area contributed by atoms with Crippen LogP contribution in [-0.2, 0) is 11.3 Å². The minimum atomic E-state index is 0.575. The maximum Gasteiger partial charge on any atom is 0.227 e. The van der Waals surface area contributed by atoms with Crippen LogP contribution in [0, 0.1) is 6.92 Å². The molecule has 0 unspecified atom stereocenters. The lowest BCUT2D eigenvalue weighted by atomic mass is 10.1. The van der Waals surface area contributed by atoms with Gasteiger partial charge >= 0.3 is 0 Å². The van der Waals surface area contributed by atoms with E-state index in [1.165, 1.54) is 16.8 Å². The van der Waals surface area contributed by atoms with Gasteiger partial charge in [-0.05, 0) is 49.2 Å². The third kappa shape index (κ3) is 4.03. The summed E-state index contributed by atoms with van der Waals surface area (Å²) in [5.41, 5.74) is 7.43. The van der Waals surface area contributed by atoms with E-state index in [4.69, 9.17) is 9.72 Å². The Hall–Kier alpha value is -3.45. The third-order valence-electron chi connectivity index (χ3n) is 5.83. The van der Waals surface area contributed by atoms with Gasteiger partial charge in [0.25, 0.3) is 0 Å². The van der Waals surface area contributed by atoms with E-state index in [1.807, 2.05) is 18.3 Å². The summed E-state index contributed by atoms with van der Waals surface area (Å²) >= 11 is 0. The van der Waals surface area contributed by atoms with Gasteiger partial charge in [0.15, 0.2) is 0 Å². The average Bonchev–Trinajstić information content (AvgIpc) is 3.20. The van der Waals surface area contributed by atoms with E-state index < -0.39 is 0 Å². The number of benzene rings is 1. The van der Waals surface area contributed by atoms with Gasteiger partial charge in [0, 0.05) is 55.2 Å². The molecule has 7 heteroatoms. The van der Waals surface area contributed by atoms with Gasteiger partial charge in [-0.3, -0.25) is 4.98 Å². The highest BCUT2D eigenvalue weighted by atomic mass is 16.5. The highest BCUT2D eigenvalue weighted by Gasteiger charge is 2.15. The molecule has 0 saturated carbocycles. The zero-order valence-electron chi connectivity index (χ0n) is 18.6. The minimum Gasteiger partial charge on any atom is -0.378 e. The fraction of sp³-hybridized carbons (Fsp3) is 0.320. The Labute approximate surface area is 188 Å². The van der Waals surface area contributed by atoms with Crippen molar-refractivity contribution in [3.05, 3.63) is 60.6 Å². The topological polar surface area (TPSA) is 68.1 Å². The van der Waals surface area contributed by atoms with Crippen molar-refractivity contribution in [3.63, 3.8) is 0 Å². The zero-order chi connectivity index (χ0) is 21.9. The van der Waals surface area contributed by atoms with Crippen molar-refractivity contribution in [1.82, 2.24) is 19.5 Å². The molecule has 1 N–H and O–H groups in total. The molecule has 0 bridgehead atoms. The number of morpholine rings is 1. The van der Waals surface area contributed by atoms with Crippen molar-refractivity contribution in [2.24, 2.45) is 0 Å². The largest absolute Gasteiger partial charge is 0.378 e. The molecular formula is C25H28N6O. The van der Waals surface area contributed by atoms with E-state index in [2.05, 4.69) is 69.1 Å². The Balaban J connectivity index is 1.46. The maximum absolute atomic E-state index is 5.47. The Kier molecular flexibility index (Phi) is 5.73. The Morgan fingerprint density at radius 1 is 1.06 bits per heavy atom. The lowest BCUT2D eigenvalue weighted by Crippen LogP contribution is -2.36. The second-order valence-corrected chi connectivity index (χ2v) is 8.10. The fourth-order valence-electron chi connectivity index (χ4n) is 4.30. The number of nitrogens with one attached hydrogen (secondary N) is 1. The Morgan fingerprint density at radius 2 is 1.91 bits per heavy atom. The summed E-state index contributed by atoms with van der Waals surface area (Å²) in [6, 6.07) is 12.4. The molecule has 0 atom stereocenters. The predicted molar refractivity (Wildman–Crippen MR) is 129 cm³/mol. The quantitative estimate of drug-likeness (QED) is 0.476. The second kappa shape index (κ2) is 8.96. The highest BCUT2D eigenvalue weighted by molar-refractivity contribution is 5.93. The summed E-state index contributed by atoms with van der Waals surface area (Å²) in [7, 11) is 0. The van der Waals surface area contributed by atoms with Crippen molar-refractivity contribution in [2.45, 2.75) is 26.8 Å². The lowest BCUT2D eigenvalue weighted by Gasteiger charge is -2.29. The highest BCUT2D eigenvalue weighted by Crippen LogP contribution is 2.31. The molecule has 3 aromatic heterocycles. The number of aryl methyl sites for hydroxylation is 2. The van der Waals surface area contributed by atoms with Gasteiger partial charge in [-0.2, -0.15) is 0 Å². The molecule has 1 aliphatic rings. The van der Waals surface area contributed by atoms with E-state index in [0.717, 1.165) is 61.7 Å². The number of fused-ring (bicyclic) bond motifs is 1. The van der Waals surface area contributed by atoms with Gasteiger partial charge in [0.2, 0.25) is 5.95 Å². The zero-order valence-corrected chi connectivity index (χ0v) is 18.6. The van der Waals surface area contributed by atoms with E-state index >= 15 is 0 Å². The first-order valence-corrected chi connectivity index (χ1v) is 11.2. The summed E-state index contributed by atoms with van der Waals surface area (Å²) in [6.07, 6.45) is 6.90. The maximum atomic E-state index is 5.47. The predicted octanol–water partition coefficient (Wildman–Crippen LogP) is 4.79. The van der Waals surface area contributed by atoms with Crippen molar-refractivity contribution >= 4 is 28.4 Å². The number of pyridine rings is 1. The number of nitrogens with zero attached hydrogens (tertiary/aromatic N) is 5. The van der Waals surface area contributed by atoms with Crippen LogP contribution in [0.5, 0.6) is 0 Å². The van der Waals surface area contributed by atoms with Gasteiger partial charge in [-0.1, -0.05) is 13.0 Å². The molecule has 32 heavy (non-hydrogen) atoms. The van der Waals surface area contributed by atoms with Crippen molar-refractivity contribution in [2.75, 3.05) is 36.5 Å². The Bertz CT molecular complexity index is 1230. The van der Waals surface area contributed by atoms with Gasteiger partial charge in [0.05, 0.1) is 29.9 Å². The van der Waals surface area contributed by atoms with Crippen molar-refractivity contribution in [1.29, 1.82) is 0 Å². The first-order valence-electron chi connectivity index (χ1n) is 11.2. The normalized spacial score (nSPS) is 14.1. The number of hydrogen-bond acceptors (Lipinski definition) is 6. The van der Waals surface area contributed by atoms with Gasteiger partial charge in [-0.15, -0.1) is 0 Å². The third-order valence-corrected chi connectivity index (χ3v) is 5.83.